The van der Waals surface area contributed by atoms with E-state index in [1.807, 2.05) is 58.0 Å². The highest BCUT2D eigenvalue weighted by atomic mass is 32.2. The molecule has 1 aliphatic rings. The second-order valence-corrected chi connectivity index (χ2v) is 9.60. The zero-order valence-electron chi connectivity index (χ0n) is 19.0. The molecule has 33 heavy (non-hydrogen) atoms. The van der Waals surface area contributed by atoms with Crippen molar-refractivity contribution < 1.29 is 4.79 Å². The average molecular weight is 460 g/mol. The van der Waals surface area contributed by atoms with Crippen LogP contribution < -0.4 is 10.9 Å². The Bertz CT molecular complexity index is 1470. The first-order valence-electron chi connectivity index (χ1n) is 10.9. The van der Waals surface area contributed by atoms with Crippen LogP contribution in [-0.4, -0.2) is 31.0 Å². The number of carbonyl (C=O) groups excluding carboxylic acids is 1. The Morgan fingerprint density at radius 1 is 1.15 bits per heavy atom. The molecule has 2 aromatic heterocycles. The van der Waals surface area contributed by atoms with Gasteiger partial charge in [0.15, 0.2) is 10.8 Å². The van der Waals surface area contributed by atoms with Crippen molar-refractivity contribution >= 4 is 34.4 Å². The third-order valence-corrected chi connectivity index (χ3v) is 7.35. The second-order valence-electron chi connectivity index (χ2n) is 8.62. The molecule has 3 heterocycles. The molecule has 4 aromatic rings. The van der Waals surface area contributed by atoms with Gasteiger partial charge in [0.05, 0.1) is 17.9 Å². The lowest BCUT2D eigenvalue weighted by atomic mass is 10.1. The van der Waals surface area contributed by atoms with Crippen LogP contribution in [0, 0.1) is 27.7 Å². The monoisotopic (exact) mass is 459 g/mol. The number of thioether (sulfide) groups is 1. The zero-order valence-corrected chi connectivity index (χ0v) is 19.9. The number of benzene rings is 2. The van der Waals surface area contributed by atoms with Crippen LogP contribution in [0.1, 0.15) is 34.7 Å². The van der Waals surface area contributed by atoms with Gasteiger partial charge in [-0.2, -0.15) is 5.10 Å². The van der Waals surface area contributed by atoms with Crippen molar-refractivity contribution in [3.05, 3.63) is 75.2 Å². The Morgan fingerprint density at radius 2 is 1.97 bits per heavy atom. The lowest BCUT2D eigenvalue weighted by molar-refractivity contribution is -0.116. The van der Waals surface area contributed by atoms with Crippen LogP contribution in [0.5, 0.6) is 0 Å². The summed E-state index contributed by atoms with van der Waals surface area (Å²) >= 11 is 1.50. The molecule has 0 spiro atoms. The third kappa shape index (κ3) is 3.74. The number of amides is 1. The summed E-state index contributed by atoms with van der Waals surface area (Å²) in [5, 5.41) is 8.56. The van der Waals surface area contributed by atoms with Crippen molar-refractivity contribution in [3.63, 3.8) is 0 Å². The molecule has 0 saturated heterocycles. The van der Waals surface area contributed by atoms with E-state index in [4.69, 9.17) is 4.98 Å². The van der Waals surface area contributed by atoms with Crippen LogP contribution in [0.3, 0.4) is 0 Å². The molecule has 0 saturated carbocycles. The molecule has 0 aliphatic carbocycles. The number of nitrogens with one attached hydrogen (secondary N) is 1. The number of hydrogen-bond donors (Lipinski definition) is 1. The van der Waals surface area contributed by atoms with Crippen LogP contribution >= 0.6 is 11.8 Å². The highest BCUT2D eigenvalue weighted by Gasteiger charge is 2.30. The number of aromatic nitrogens is 4. The van der Waals surface area contributed by atoms with E-state index in [1.54, 1.807) is 15.4 Å². The minimum atomic E-state index is -0.246. The van der Waals surface area contributed by atoms with Gasteiger partial charge in [0.2, 0.25) is 5.91 Å². The Kier molecular flexibility index (Phi) is 5.32. The maximum Gasteiger partial charge on any atom is 0.265 e. The fraction of sp³-hybridized carbons (Fsp3) is 0.280. The van der Waals surface area contributed by atoms with Gasteiger partial charge < -0.3 is 5.32 Å². The molecule has 0 fully saturated rings. The fourth-order valence-electron chi connectivity index (χ4n) is 4.30. The fourth-order valence-corrected chi connectivity index (χ4v) is 5.43. The molecule has 1 unspecified atom stereocenters. The van der Waals surface area contributed by atoms with Crippen molar-refractivity contribution in [2.45, 2.75) is 45.3 Å². The van der Waals surface area contributed by atoms with Gasteiger partial charge in [0.1, 0.15) is 5.39 Å². The van der Waals surface area contributed by atoms with Gasteiger partial charge in [0.25, 0.3) is 5.56 Å². The van der Waals surface area contributed by atoms with Gasteiger partial charge in [-0.05, 0) is 56.5 Å². The standard InChI is InChI=1S/C25H25N5O2S/c1-14-8-9-21(16(3)10-14)30-23-19(12-26-30)24(32)29-18(13-33-25(29)28-23)11-22(31)27-20-7-5-6-15(2)17(20)4/h5-10,12,18H,11,13H2,1-4H3,(H,27,31). The molecule has 8 heteroatoms. The Hall–Kier alpha value is -3.39. The van der Waals surface area contributed by atoms with E-state index < -0.39 is 0 Å². The topological polar surface area (TPSA) is 81.8 Å². The van der Waals surface area contributed by atoms with E-state index in [2.05, 4.69) is 16.5 Å². The normalized spacial score (nSPS) is 15.1. The molecule has 1 amide bonds. The maximum absolute atomic E-state index is 13.4. The summed E-state index contributed by atoms with van der Waals surface area (Å²) in [6.45, 7) is 8.08. The van der Waals surface area contributed by atoms with E-state index in [9.17, 15) is 9.59 Å². The van der Waals surface area contributed by atoms with Gasteiger partial charge >= 0.3 is 0 Å². The number of fused-ring (bicyclic) bond motifs is 2. The number of carbonyl (C=O) groups is 1. The number of nitrogens with zero attached hydrogens (tertiary/aromatic N) is 4. The van der Waals surface area contributed by atoms with Gasteiger partial charge in [-0.3, -0.25) is 14.2 Å². The molecule has 2 aromatic carbocycles. The molecule has 1 aliphatic heterocycles. The summed E-state index contributed by atoms with van der Waals surface area (Å²) in [5.41, 5.74) is 6.51. The van der Waals surface area contributed by atoms with Gasteiger partial charge in [-0.15, -0.1) is 0 Å². The van der Waals surface area contributed by atoms with E-state index in [0.717, 1.165) is 28.1 Å². The first-order chi connectivity index (χ1) is 15.8. The summed E-state index contributed by atoms with van der Waals surface area (Å²) in [6, 6.07) is 11.7. The zero-order chi connectivity index (χ0) is 23.3. The number of anilines is 1. The first-order valence-corrected chi connectivity index (χ1v) is 11.9. The summed E-state index contributed by atoms with van der Waals surface area (Å²) in [4.78, 5) is 31.0. The summed E-state index contributed by atoms with van der Waals surface area (Å²) in [6.07, 6.45) is 1.79. The van der Waals surface area contributed by atoms with E-state index in [1.165, 1.54) is 17.3 Å². The number of hydrogen-bond acceptors (Lipinski definition) is 5. The molecular formula is C25H25N5O2S. The predicted molar refractivity (Wildman–Crippen MR) is 132 cm³/mol. The van der Waals surface area contributed by atoms with Crippen molar-refractivity contribution in [1.82, 2.24) is 19.3 Å². The highest BCUT2D eigenvalue weighted by Crippen LogP contribution is 2.34. The predicted octanol–water partition coefficient (Wildman–Crippen LogP) is 4.49. The SMILES string of the molecule is Cc1ccc(-n2ncc3c(=O)n4c(nc32)SCC4CC(=O)Nc2cccc(C)c2C)c(C)c1. The molecule has 5 rings (SSSR count). The van der Waals surface area contributed by atoms with Crippen LogP contribution in [0.4, 0.5) is 5.69 Å². The molecule has 1 atom stereocenters. The smallest absolute Gasteiger partial charge is 0.265 e. The molecule has 7 nitrogen and oxygen atoms in total. The van der Waals surface area contributed by atoms with Crippen molar-refractivity contribution in [2.24, 2.45) is 0 Å². The van der Waals surface area contributed by atoms with E-state index >= 15 is 0 Å². The van der Waals surface area contributed by atoms with E-state index in [-0.39, 0.29) is 23.9 Å². The summed E-state index contributed by atoms with van der Waals surface area (Å²) in [7, 11) is 0. The Morgan fingerprint density at radius 3 is 2.76 bits per heavy atom. The van der Waals surface area contributed by atoms with Crippen LogP contribution in [0.2, 0.25) is 0 Å². The quantitative estimate of drug-likeness (QED) is 0.455. The second kappa shape index (κ2) is 8.19. The lowest BCUT2D eigenvalue weighted by Gasteiger charge is -2.15. The van der Waals surface area contributed by atoms with Crippen molar-refractivity contribution in [3.8, 4) is 5.69 Å². The molecular weight excluding hydrogens is 434 g/mol. The molecule has 0 bridgehead atoms. The Labute approximate surface area is 195 Å². The van der Waals surface area contributed by atoms with Crippen LogP contribution in [0.15, 0.2) is 52.5 Å². The van der Waals surface area contributed by atoms with Gasteiger partial charge in [0, 0.05) is 17.9 Å². The average Bonchev–Trinajstić information content (AvgIpc) is 3.37. The Balaban J connectivity index is 1.46. The van der Waals surface area contributed by atoms with Gasteiger partial charge in [-0.1, -0.05) is 41.6 Å². The minimum Gasteiger partial charge on any atom is -0.326 e. The highest BCUT2D eigenvalue weighted by molar-refractivity contribution is 7.99. The number of rotatable bonds is 4. The van der Waals surface area contributed by atoms with Crippen LogP contribution in [0.25, 0.3) is 16.7 Å². The van der Waals surface area contributed by atoms with Crippen LogP contribution in [-0.2, 0) is 4.79 Å². The summed E-state index contributed by atoms with van der Waals surface area (Å²) in [5.74, 6) is 0.520. The van der Waals surface area contributed by atoms with Gasteiger partial charge in [-0.25, -0.2) is 9.67 Å². The van der Waals surface area contributed by atoms with E-state index in [0.29, 0.717) is 21.9 Å². The summed E-state index contributed by atoms with van der Waals surface area (Å²) < 4.78 is 3.39. The van der Waals surface area contributed by atoms with Crippen molar-refractivity contribution in [2.75, 3.05) is 11.1 Å². The third-order valence-electron chi connectivity index (χ3n) is 6.25. The minimum absolute atomic E-state index is 0.111. The lowest BCUT2D eigenvalue weighted by Crippen LogP contribution is -2.28. The molecule has 1 N–H and O–H groups in total. The first kappa shape index (κ1) is 21.5. The maximum atomic E-state index is 13.4. The molecule has 168 valence electrons. The number of aryl methyl sites for hydroxylation is 3. The largest absolute Gasteiger partial charge is 0.326 e. The molecule has 0 radical (unpaired) electrons. The van der Waals surface area contributed by atoms with Crippen molar-refractivity contribution in [1.29, 1.82) is 0 Å².